The first-order chi connectivity index (χ1) is 9.86. The molecule has 0 unspecified atom stereocenters. The lowest BCUT2D eigenvalue weighted by molar-refractivity contribution is 0.133. The molecule has 7 heteroatoms. The molecule has 21 heavy (non-hydrogen) atoms. The molecule has 1 fully saturated rings. The number of likely N-dealkylation sites (N-methyl/N-ethyl adjacent to an activating group) is 1. The van der Waals surface area contributed by atoms with Crippen LogP contribution < -0.4 is 4.74 Å². The Morgan fingerprint density at radius 2 is 1.90 bits per heavy atom. The van der Waals surface area contributed by atoms with E-state index < -0.39 is 9.05 Å². The minimum absolute atomic E-state index is 0.105. The van der Waals surface area contributed by atoms with Gasteiger partial charge in [0.2, 0.25) is 0 Å². The summed E-state index contributed by atoms with van der Waals surface area (Å²) in [7, 11) is 3.77. The third kappa shape index (κ3) is 4.85. The van der Waals surface area contributed by atoms with Crippen molar-refractivity contribution in [2.75, 3.05) is 46.4 Å². The van der Waals surface area contributed by atoms with Crippen molar-refractivity contribution >= 4 is 19.7 Å². The van der Waals surface area contributed by atoms with Crippen LogP contribution in [0.25, 0.3) is 0 Å². The highest BCUT2D eigenvalue weighted by Gasteiger charge is 2.14. The molecule has 1 aromatic carbocycles. The summed E-state index contributed by atoms with van der Waals surface area (Å²) in [4.78, 5) is 4.79. The predicted molar refractivity (Wildman–Crippen MR) is 83.6 cm³/mol. The lowest BCUT2D eigenvalue weighted by Crippen LogP contribution is -2.45. The molecule has 0 amide bonds. The van der Waals surface area contributed by atoms with E-state index in [0.29, 0.717) is 12.4 Å². The summed E-state index contributed by atoms with van der Waals surface area (Å²) in [6, 6.07) is 4.67. The number of aryl methyl sites for hydroxylation is 1. The van der Waals surface area contributed by atoms with Crippen molar-refractivity contribution in [3.05, 3.63) is 23.8 Å². The van der Waals surface area contributed by atoms with Gasteiger partial charge in [-0.3, -0.25) is 4.90 Å². The second-order valence-corrected chi connectivity index (χ2v) is 7.92. The van der Waals surface area contributed by atoms with Crippen LogP contribution in [0.15, 0.2) is 23.1 Å². The van der Waals surface area contributed by atoms with Gasteiger partial charge in [-0.25, -0.2) is 8.42 Å². The molecule has 0 atom stereocenters. The number of halogens is 1. The lowest BCUT2D eigenvalue weighted by Gasteiger charge is -2.32. The van der Waals surface area contributed by atoms with Gasteiger partial charge in [-0.2, -0.15) is 0 Å². The molecule has 1 aliphatic heterocycles. The number of nitrogens with zero attached hydrogens (tertiary/aromatic N) is 2. The highest BCUT2D eigenvalue weighted by atomic mass is 35.7. The van der Waals surface area contributed by atoms with Gasteiger partial charge in [-0.15, -0.1) is 0 Å². The van der Waals surface area contributed by atoms with Crippen LogP contribution in [0, 0.1) is 6.92 Å². The predicted octanol–water partition coefficient (Wildman–Crippen LogP) is 1.55. The Morgan fingerprint density at radius 1 is 1.24 bits per heavy atom. The first-order valence-electron chi connectivity index (χ1n) is 6.95. The van der Waals surface area contributed by atoms with Gasteiger partial charge >= 0.3 is 0 Å². The van der Waals surface area contributed by atoms with E-state index in [0.717, 1.165) is 38.3 Å². The van der Waals surface area contributed by atoms with Crippen LogP contribution >= 0.6 is 10.7 Å². The van der Waals surface area contributed by atoms with E-state index in [1.807, 2.05) is 6.92 Å². The number of benzene rings is 1. The zero-order valence-electron chi connectivity index (χ0n) is 12.4. The fraction of sp³-hybridized carbons (Fsp3) is 0.571. The Morgan fingerprint density at radius 3 is 2.48 bits per heavy atom. The molecule has 1 heterocycles. The van der Waals surface area contributed by atoms with Gasteiger partial charge in [0.1, 0.15) is 12.4 Å². The van der Waals surface area contributed by atoms with Crippen LogP contribution in [0.5, 0.6) is 5.75 Å². The molecule has 0 aromatic heterocycles. The van der Waals surface area contributed by atoms with Crippen molar-refractivity contribution in [1.82, 2.24) is 9.80 Å². The van der Waals surface area contributed by atoms with Crippen LogP contribution in [-0.2, 0) is 9.05 Å². The fourth-order valence-corrected chi connectivity index (χ4v) is 3.13. The molecular formula is C14H21ClN2O3S. The van der Waals surface area contributed by atoms with Crippen LogP contribution in [0.3, 0.4) is 0 Å². The molecule has 0 saturated carbocycles. The number of hydrogen-bond donors (Lipinski definition) is 0. The SMILES string of the molecule is Cc1cc(S(=O)(=O)Cl)ccc1OCCN1CCN(C)CC1. The Labute approximate surface area is 130 Å². The average molecular weight is 333 g/mol. The second-order valence-electron chi connectivity index (χ2n) is 5.36. The van der Waals surface area contributed by atoms with Gasteiger partial charge in [0.25, 0.3) is 9.05 Å². The standard InChI is InChI=1S/C14H21ClN2O3S/c1-12-11-13(21(15,18)19)3-4-14(12)20-10-9-17-7-5-16(2)6-8-17/h3-4,11H,5-10H2,1-2H3. The molecular weight excluding hydrogens is 312 g/mol. The number of piperazine rings is 1. The fourth-order valence-electron chi connectivity index (χ4n) is 2.29. The first kappa shape index (κ1) is 16.5. The summed E-state index contributed by atoms with van der Waals surface area (Å²) in [5, 5.41) is 0. The quantitative estimate of drug-likeness (QED) is 0.766. The largest absolute Gasteiger partial charge is 0.492 e. The van der Waals surface area contributed by atoms with E-state index in [-0.39, 0.29) is 4.90 Å². The van der Waals surface area contributed by atoms with Crippen LogP contribution in [-0.4, -0.2) is 64.6 Å². The monoisotopic (exact) mass is 332 g/mol. The molecule has 0 aliphatic carbocycles. The second kappa shape index (κ2) is 6.96. The molecule has 1 aromatic rings. The average Bonchev–Trinajstić information content (AvgIpc) is 2.41. The van der Waals surface area contributed by atoms with E-state index in [2.05, 4.69) is 16.8 Å². The summed E-state index contributed by atoms with van der Waals surface area (Å²) in [6.07, 6.45) is 0. The molecule has 0 bridgehead atoms. The summed E-state index contributed by atoms with van der Waals surface area (Å²) in [5.41, 5.74) is 0.773. The molecule has 0 N–H and O–H groups in total. The Bertz CT molecular complexity index is 584. The molecule has 1 saturated heterocycles. The van der Waals surface area contributed by atoms with Crippen LogP contribution in [0.2, 0.25) is 0 Å². The maximum absolute atomic E-state index is 11.3. The molecule has 5 nitrogen and oxygen atoms in total. The van der Waals surface area contributed by atoms with Crippen molar-refractivity contribution in [3.8, 4) is 5.75 Å². The van der Waals surface area contributed by atoms with Gasteiger partial charge < -0.3 is 9.64 Å². The molecule has 1 aliphatic rings. The minimum atomic E-state index is -3.68. The highest BCUT2D eigenvalue weighted by molar-refractivity contribution is 8.13. The normalized spacial score (nSPS) is 17.9. The smallest absolute Gasteiger partial charge is 0.261 e. The number of hydrogen-bond acceptors (Lipinski definition) is 5. The van der Waals surface area contributed by atoms with E-state index in [1.165, 1.54) is 12.1 Å². The highest BCUT2D eigenvalue weighted by Crippen LogP contribution is 2.23. The number of rotatable bonds is 5. The van der Waals surface area contributed by atoms with Crippen molar-refractivity contribution in [2.45, 2.75) is 11.8 Å². The summed E-state index contributed by atoms with van der Waals surface area (Å²) >= 11 is 0. The van der Waals surface area contributed by atoms with E-state index in [4.69, 9.17) is 15.4 Å². The van der Waals surface area contributed by atoms with Crippen molar-refractivity contribution in [1.29, 1.82) is 0 Å². The van der Waals surface area contributed by atoms with Crippen molar-refractivity contribution in [2.24, 2.45) is 0 Å². The van der Waals surface area contributed by atoms with E-state index >= 15 is 0 Å². The molecule has 0 spiro atoms. The van der Waals surface area contributed by atoms with Gasteiger partial charge in [0, 0.05) is 43.4 Å². The molecule has 0 radical (unpaired) electrons. The maximum atomic E-state index is 11.3. The third-order valence-electron chi connectivity index (χ3n) is 3.69. The molecule has 118 valence electrons. The topological polar surface area (TPSA) is 49.9 Å². The van der Waals surface area contributed by atoms with Gasteiger partial charge in [-0.05, 0) is 37.7 Å². The summed E-state index contributed by atoms with van der Waals surface area (Å²) in [6.45, 7) is 7.57. The van der Waals surface area contributed by atoms with Crippen LogP contribution in [0.1, 0.15) is 5.56 Å². The third-order valence-corrected chi connectivity index (χ3v) is 5.04. The summed E-state index contributed by atoms with van der Waals surface area (Å²) < 4.78 is 28.3. The Balaban J connectivity index is 1.86. The van der Waals surface area contributed by atoms with E-state index in [1.54, 1.807) is 6.07 Å². The molecule has 2 rings (SSSR count). The number of ether oxygens (including phenoxy) is 1. The zero-order chi connectivity index (χ0) is 15.5. The Hall–Kier alpha value is -0.820. The zero-order valence-corrected chi connectivity index (χ0v) is 14.0. The first-order valence-corrected chi connectivity index (χ1v) is 9.26. The van der Waals surface area contributed by atoms with Crippen LogP contribution in [0.4, 0.5) is 0 Å². The van der Waals surface area contributed by atoms with Gasteiger partial charge in [0.05, 0.1) is 4.90 Å². The van der Waals surface area contributed by atoms with Crippen molar-refractivity contribution < 1.29 is 13.2 Å². The van der Waals surface area contributed by atoms with E-state index in [9.17, 15) is 8.42 Å². The van der Waals surface area contributed by atoms with Crippen molar-refractivity contribution in [3.63, 3.8) is 0 Å². The minimum Gasteiger partial charge on any atom is -0.492 e. The van der Waals surface area contributed by atoms with Gasteiger partial charge in [-0.1, -0.05) is 0 Å². The van der Waals surface area contributed by atoms with Gasteiger partial charge in [0.15, 0.2) is 0 Å². The lowest BCUT2D eigenvalue weighted by atomic mass is 10.2. The maximum Gasteiger partial charge on any atom is 0.261 e. The summed E-state index contributed by atoms with van der Waals surface area (Å²) in [5.74, 6) is 0.702. The Kier molecular flexibility index (Phi) is 5.48.